The van der Waals surface area contributed by atoms with E-state index >= 15 is 0 Å². The van der Waals surface area contributed by atoms with Gasteiger partial charge in [-0.1, -0.05) is 0 Å². The minimum atomic E-state index is -0.463. The molecule has 4 saturated carbocycles. The Labute approximate surface area is 175 Å². The molecule has 156 valence electrons. The van der Waals surface area contributed by atoms with Crippen LogP contribution in [0.1, 0.15) is 38.5 Å². The molecule has 4 bridgehead atoms. The van der Waals surface area contributed by atoms with Crippen LogP contribution in [0.3, 0.4) is 0 Å². The van der Waals surface area contributed by atoms with Crippen molar-refractivity contribution in [3.05, 3.63) is 18.5 Å². The Bertz CT molecular complexity index is 782. The van der Waals surface area contributed by atoms with Crippen LogP contribution >= 0.6 is 11.6 Å². The summed E-state index contributed by atoms with van der Waals surface area (Å²) in [6.45, 7) is 2.33. The van der Waals surface area contributed by atoms with Gasteiger partial charge in [-0.05, 0) is 56.4 Å². The molecule has 4 aliphatic carbocycles. The third-order valence-electron chi connectivity index (χ3n) is 7.22. The van der Waals surface area contributed by atoms with Crippen LogP contribution in [0.5, 0.6) is 0 Å². The molecular weight excluding hydrogens is 392 g/mol. The summed E-state index contributed by atoms with van der Waals surface area (Å²) >= 11 is 6.82. The van der Waals surface area contributed by atoms with Crippen LogP contribution in [0.25, 0.3) is 0 Å². The van der Waals surface area contributed by atoms with Crippen molar-refractivity contribution in [2.45, 2.75) is 43.4 Å². The number of alkyl halides is 1. The summed E-state index contributed by atoms with van der Waals surface area (Å²) in [6.07, 6.45) is 9.13. The summed E-state index contributed by atoms with van der Waals surface area (Å²) in [5, 5.41) is 0. The molecule has 0 aromatic carbocycles. The number of nitrogens with zero attached hydrogens (tertiary/aromatic N) is 4. The standard InChI is InChI=1S/C21H27ClN4O3/c22-21-11-15-8-16(12-21)10-20(9-15,14-21)18(28)29-13-17(27)25-4-6-26(7-5-25)19-23-2-1-3-24-19/h1-3,15-16H,4-14H2/t15-,16+,20?,21?. The van der Waals surface area contributed by atoms with Crippen LogP contribution in [0.2, 0.25) is 0 Å². The van der Waals surface area contributed by atoms with E-state index in [1.54, 1.807) is 23.4 Å². The lowest BCUT2D eigenvalue weighted by atomic mass is 9.49. The number of hydrogen-bond acceptors (Lipinski definition) is 6. The molecule has 0 N–H and O–H groups in total. The maximum absolute atomic E-state index is 13.0. The molecule has 2 unspecified atom stereocenters. The Morgan fingerprint density at radius 2 is 1.72 bits per heavy atom. The number of aromatic nitrogens is 2. The quantitative estimate of drug-likeness (QED) is 0.551. The van der Waals surface area contributed by atoms with Gasteiger partial charge in [0.15, 0.2) is 6.61 Å². The fourth-order valence-corrected chi connectivity index (χ4v) is 7.06. The van der Waals surface area contributed by atoms with Crippen LogP contribution in [0, 0.1) is 17.3 Å². The molecule has 5 aliphatic rings. The summed E-state index contributed by atoms with van der Waals surface area (Å²) in [5.74, 6) is 1.41. The maximum atomic E-state index is 13.0. The predicted molar refractivity (Wildman–Crippen MR) is 107 cm³/mol. The molecule has 1 amide bonds. The van der Waals surface area contributed by atoms with Gasteiger partial charge in [-0.25, -0.2) is 9.97 Å². The molecule has 1 aromatic heterocycles. The van der Waals surface area contributed by atoms with Gasteiger partial charge in [-0.3, -0.25) is 9.59 Å². The topological polar surface area (TPSA) is 75.6 Å². The molecule has 1 aromatic rings. The van der Waals surface area contributed by atoms with E-state index in [9.17, 15) is 9.59 Å². The summed E-state index contributed by atoms with van der Waals surface area (Å²) in [6, 6.07) is 1.79. The first-order valence-corrected chi connectivity index (χ1v) is 11.0. The van der Waals surface area contributed by atoms with Gasteiger partial charge in [0.2, 0.25) is 5.95 Å². The number of ether oxygens (including phenoxy) is 1. The van der Waals surface area contributed by atoms with E-state index in [-0.39, 0.29) is 23.4 Å². The second-order valence-electron chi connectivity index (χ2n) is 9.39. The van der Waals surface area contributed by atoms with E-state index in [4.69, 9.17) is 16.3 Å². The molecular formula is C21H27ClN4O3. The highest BCUT2D eigenvalue weighted by Gasteiger charge is 2.60. The van der Waals surface area contributed by atoms with Crippen molar-refractivity contribution in [1.29, 1.82) is 0 Å². The van der Waals surface area contributed by atoms with Gasteiger partial charge in [0.1, 0.15) is 0 Å². The predicted octanol–water partition coefficient (Wildman–Crippen LogP) is 2.25. The normalized spacial score (nSPS) is 35.6. The van der Waals surface area contributed by atoms with Gasteiger partial charge >= 0.3 is 5.97 Å². The van der Waals surface area contributed by atoms with Gasteiger partial charge in [0.05, 0.1) is 5.41 Å². The molecule has 1 aliphatic heterocycles. The largest absolute Gasteiger partial charge is 0.455 e. The Hall–Kier alpha value is -1.89. The van der Waals surface area contributed by atoms with Crippen LogP contribution < -0.4 is 4.90 Å². The first kappa shape index (κ1) is 19.1. The van der Waals surface area contributed by atoms with Crippen LogP contribution in [-0.4, -0.2) is 64.4 Å². The summed E-state index contributed by atoms with van der Waals surface area (Å²) < 4.78 is 5.57. The van der Waals surface area contributed by atoms with Gasteiger partial charge in [-0.2, -0.15) is 0 Å². The minimum Gasteiger partial charge on any atom is -0.455 e. The molecule has 29 heavy (non-hydrogen) atoms. The SMILES string of the molecule is O=C(COC(=O)C12C[C@@H]3C[C@@H](CC(Cl)(C3)C1)C2)N1CCN(c2ncccn2)CC1. The second kappa shape index (κ2) is 7.11. The third-order valence-corrected chi connectivity index (χ3v) is 7.66. The lowest BCUT2D eigenvalue weighted by Gasteiger charge is -2.58. The molecule has 1 saturated heterocycles. The van der Waals surface area contributed by atoms with Gasteiger partial charge in [0.25, 0.3) is 5.91 Å². The summed E-state index contributed by atoms with van der Waals surface area (Å²) in [4.78, 5) is 37.7. The molecule has 0 radical (unpaired) electrons. The number of rotatable bonds is 4. The zero-order chi connectivity index (χ0) is 20.1. The fraction of sp³-hybridized carbons (Fsp3) is 0.714. The highest BCUT2D eigenvalue weighted by molar-refractivity contribution is 6.24. The first-order chi connectivity index (χ1) is 13.9. The Kier molecular flexibility index (Phi) is 4.68. The van der Waals surface area contributed by atoms with Crippen molar-refractivity contribution in [3.8, 4) is 0 Å². The van der Waals surface area contributed by atoms with Crippen LogP contribution in [0.15, 0.2) is 18.5 Å². The van der Waals surface area contributed by atoms with Gasteiger partial charge < -0.3 is 14.5 Å². The number of piperazine rings is 1. The zero-order valence-electron chi connectivity index (χ0n) is 16.6. The lowest BCUT2D eigenvalue weighted by Crippen LogP contribution is -2.56. The smallest absolute Gasteiger partial charge is 0.312 e. The van der Waals surface area contributed by atoms with Crippen LogP contribution in [-0.2, 0) is 14.3 Å². The van der Waals surface area contributed by atoms with Crippen molar-refractivity contribution in [1.82, 2.24) is 14.9 Å². The van der Waals surface area contributed by atoms with Crippen molar-refractivity contribution >= 4 is 29.4 Å². The molecule has 8 heteroatoms. The number of carbonyl (C=O) groups is 2. The van der Waals surface area contributed by atoms with E-state index in [2.05, 4.69) is 14.9 Å². The molecule has 7 nitrogen and oxygen atoms in total. The second-order valence-corrected chi connectivity index (χ2v) is 10.2. The zero-order valence-corrected chi connectivity index (χ0v) is 17.3. The van der Waals surface area contributed by atoms with E-state index in [0.717, 1.165) is 25.7 Å². The minimum absolute atomic E-state index is 0.128. The monoisotopic (exact) mass is 418 g/mol. The van der Waals surface area contributed by atoms with Crippen molar-refractivity contribution < 1.29 is 14.3 Å². The average Bonchev–Trinajstić information content (AvgIpc) is 2.70. The van der Waals surface area contributed by atoms with Crippen molar-refractivity contribution in [3.63, 3.8) is 0 Å². The molecule has 2 heterocycles. The van der Waals surface area contributed by atoms with Gasteiger partial charge in [0, 0.05) is 43.4 Å². The highest BCUT2D eigenvalue weighted by Crippen LogP contribution is 2.64. The highest BCUT2D eigenvalue weighted by atomic mass is 35.5. The van der Waals surface area contributed by atoms with E-state index in [1.165, 1.54) is 6.42 Å². The summed E-state index contributed by atoms with van der Waals surface area (Å²) in [5.41, 5.74) is -0.463. The number of anilines is 1. The number of halogens is 1. The van der Waals surface area contributed by atoms with E-state index in [0.29, 0.717) is 50.4 Å². The molecule has 6 rings (SSSR count). The van der Waals surface area contributed by atoms with E-state index < -0.39 is 5.41 Å². The Balaban J connectivity index is 1.14. The van der Waals surface area contributed by atoms with Crippen molar-refractivity contribution in [2.24, 2.45) is 17.3 Å². The first-order valence-electron chi connectivity index (χ1n) is 10.6. The average molecular weight is 419 g/mol. The molecule has 0 spiro atoms. The fourth-order valence-electron chi connectivity index (χ4n) is 6.37. The number of esters is 1. The Morgan fingerprint density at radius 3 is 2.34 bits per heavy atom. The molecule has 4 atom stereocenters. The number of amides is 1. The number of carbonyl (C=O) groups excluding carboxylic acids is 2. The summed E-state index contributed by atoms with van der Waals surface area (Å²) in [7, 11) is 0. The van der Waals surface area contributed by atoms with Gasteiger partial charge in [-0.15, -0.1) is 11.6 Å². The van der Waals surface area contributed by atoms with E-state index in [1.807, 2.05) is 0 Å². The third kappa shape index (κ3) is 3.58. The molecule has 5 fully saturated rings. The maximum Gasteiger partial charge on any atom is 0.312 e. The lowest BCUT2D eigenvalue weighted by molar-refractivity contribution is -0.173. The van der Waals surface area contributed by atoms with Crippen molar-refractivity contribution in [2.75, 3.05) is 37.7 Å². The Morgan fingerprint density at radius 1 is 1.07 bits per heavy atom. The van der Waals surface area contributed by atoms with Crippen LogP contribution in [0.4, 0.5) is 5.95 Å². The number of hydrogen-bond donors (Lipinski definition) is 0.